The molecule has 6 nitrogen and oxygen atoms in total. The van der Waals surface area contributed by atoms with Gasteiger partial charge in [-0.2, -0.15) is 4.98 Å². The molecule has 0 radical (unpaired) electrons. The van der Waals surface area contributed by atoms with Crippen LogP contribution in [-0.2, 0) is 4.79 Å². The van der Waals surface area contributed by atoms with Gasteiger partial charge in [-0.1, -0.05) is 19.8 Å². The molecule has 0 aromatic carbocycles. The molecule has 0 atom stereocenters. The molecular weight excluding hydrogens is 268 g/mol. The number of anilines is 1. The second kappa shape index (κ2) is 7.81. The van der Waals surface area contributed by atoms with Crippen LogP contribution in [0.3, 0.4) is 0 Å². The SMILES string of the molecule is CCCN(CC(N)=O)c1cncc(OCC2CCCC2)n1. The summed E-state index contributed by atoms with van der Waals surface area (Å²) in [5, 5.41) is 0. The third-order valence-corrected chi connectivity index (χ3v) is 3.71. The fourth-order valence-electron chi connectivity index (χ4n) is 2.67. The molecule has 1 aliphatic carbocycles. The molecule has 0 spiro atoms. The average molecular weight is 292 g/mol. The molecule has 0 saturated heterocycles. The highest BCUT2D eigenvalue weighted by Gasteiger charge is 2.16. The summed E-state index contributed by atoms with van der Waals surface area (Å²) in [5.41, 5.74) is 5.28. The smallest absolute Gasteiger partial charge is 0.236 e. The number of primary amides is 1. The fourth-order valence-corrected chi connectivity index (χ4v) is 2.67. The van der Waals surface area contributed by atoms with E-state index in [1.54, 1.807) is 12.4 Å². The lowest BCUT2D eigenvalue weighted by atomic mass is 10.1. The van der Waals surface area contributed by atoms with Crippen molar-refractivity contribution in [3.8, 4) is 5.88 Å². The van der Waals surface area contributed by atoms with Crippen molar-refractivity contribution in [2.75, 3.05) is 24.6 Å². The minimum Gasteiger partial charge on any atom is -0.476 e. The monoisotopic (exact) mass is 292 g/mol. The van der Waals surface area contributed by atoms with Crippen LogP contribution < -0.4 is 15.4 Å². The van der Waals surface area contributed by atoms with E-state index in [0.717, 1.165) is 6.42 Å². The second-order valence-electron chi connectivity index (χ2n) is 5.56. The zero-order valence-corrected chi connectivity index (χ0v) is 12.6. The number of amides is 1. The predicted octanol–water partition coefficient (Wildman–Crippen LogP) is 1.75. The molecule has 0 aliphatic heterocycles. The lowest BCUT2D eigenvalue weighted by molar-refractivity contribution is -0.116. The molecule has 1 saturated carbocycles. The van der Waals surface area contributed by atoms with Crippen LogP contribution in [0, 0.1) is 5.92 Å². The highest BCUT2D eigenvalue weighted by atomic mass is 16.5. The third-order valence-electron chi connectivity index (χ3n) is 3.71. The Bertz CT molecular complexity index is 461. The van der Waals surface area contributed by atoms with Gasteiger partial charge in [-0.05, 0) is 25.2 Å². The maximum Gasteiger partial charge on any atom is 0.236 e. The Balaban J connectivity index is 1.98. The summed E-state index contributed by atoms with van der Waals surface area (Å²) in [5.74, 6) is 1.42. The van der Waals surface area contributed by atoms with Gasteiger partial charge >= 0.3 is 0 Å². The topological polar surface area (TPSA) is 81.3 Å². The number of carbonyl (C=O) groups excluding carboxylic acids is 1. The van der Waals surface area contributed by atoms with E-state index in [1.165, 1.54) is 25.7 Å². The number of hydrogen-bond acceptors (Lipinski definition) is 5. The van der Waals surface area contributed by atoms with Crippen molar-refractivity contribution in [2.24, 2.45) is 11.7 Å². The van der Waals surface area contributed by atoms with Gasteiger partial charge in [0.25, 0.3) is 0 Å². The summed E-state index contributed by atoms with van der Waals surface area (Å²) in [6, 6.07) is 0. The van der Waals surface area contributed by atoms with Crippen molar-refractivity contribution >= 4 is 11.7 Å². The molecule has 21 heavy (non-hydrogen) atoms. The molecule has 0 unspecified atom stereocenters. The maximum absolute atomic E-state index is 11.1. The minimum absolute atomic E-state index is 0.147. The van der Waals surface area contributed by atoms with Crippen molar-refractivity contribution < 1.29 is 9.53 Å². The number of nitrogens with zero attached hydrogens (tertiary/aromatic N) is 3. The minimum atomic E-state index is -0.373. The molecule has 6 heteroatoms. The van der Waals surface area contributed by atoms with Crippen LogP contribution in [0.15, 0.2) is 12.4 Å². The largest absolute Gasteiger partial charge is 0.476 e. The molecule has 0 bridgehead atoms. The summed E-state index contributed by atoms with van der Waals surface area (Å²) in [6.45, 7) is 3.60. The standard InChI is InChI=1S/C15H24N4O2/c1-2-7-19(10-13(16)20)14-8-17-9-15(18-14)21-11-12-5-3-4-6-12/h8-9,12H,2-7,10-11H2,1H3,(H2,16,20). The van der Waals surface area contributed by atoms with Crippen LogP contribution in [0.5, 0.6) is 5.88 Å². The first-order valence-electron chi connectivity index (χ1n) is 7.67. The third kappa shape index (κ3) is 4.88. The molecule has 1 aromatic rings. The van der Waals surface area contributed by atoms with E-state index >= 15 is 0 Å². The van der Waals surface area contributed by atoms with Crippen molar-refractivity contribution in [1.29, 1.82) is 0 Å². The maximum atomic E-state index is 11.1. The molecule has 2 rings (SSSR count). The predicted molar refractivity (Wildman–Crippen MR) is 81.2 cm³/mol. The lowest BCUT2D eigenvalue weighted by Gasteiger charge is -2.21. The Morgan fingerprint density at radius 1 is 1.43 bits per heavy atom. The number of nitrogens with two attached hydrogens (primary N) is 1. The summed E-state index contributed by atoms with van der Waals surface area (Å²) in [7, 11) is 0. The molecule has 1 amide bonds. The summed E-state index contributed by atoms with van der Waals surface area (Å²) < 4.78 is 5.75. The number of hydrogen-bond donors (Lipinski definition) is 1. The van der Waals surface area contributed by atoms with E-state index < -0.39 is 0 Å². The van der Waals surface area contributed by atoms with Gasteiger partial charge < -0.3 is 15.4 Å². The quantitative estimate of drug-likeness (QED) is 0.789. The Morgan fingerprint density at radius 2 is 2.19 bits per heavy atom. The van der Waals surface area contributed by atoms with E-state index in [9.17, 15) is 4.79 Å². The Kier molecular flexibility index (Phi) is 5.78. The van der Waals surface area contributed by atoms with Gasteiger partial charge in [-0.25, -0.2) is 0 Å². The van der Waals surface area contributed by atoms with E-state index in [0.29, 0.717) is 30.8 Å². The molecule has 1 aromatic heterocycles. The van der Waals surface area contributed by atoms with Crippen molar-refractivity contribution in [2.45, 2.75) is 39.0 Å². The van der Waals surface area contributed by atoms with Crippen LogP contribution in [0.1, 0.15) is 39.0 Å². The van der Waals surface area contributed by atoms with Gasteiger partial charge in [0, 0.05) is 6.54 Å². The Morgan fingerprint density at radius 3 is 2.86 bits per heavy atom. The van der Waals surface area contributed by atoms with Crippen LogP contribution in [0.4, 0.5) is 5.82 Å². The van der Waals surface area contributed by atoms with Crippen LogP contribution in [0.2, 0.25) is 0 Å². The summed E-state index contributed by atoms with van der Waals surface area (Å²) in [4.78, 5) is 21.6. The number of rotatable bonds is 8. The first kappa shape index (κ1) is 15.5. The van der Waals surface area contributed by atoms with E-state index in [4.69, 9.17) is 10.5 Å². The molecule has 1 fully saturated rings. The van der Waals surface area contributed by atoms with E-state index in [1.807, 2.05) is 11.8 Å². The summed E-state index contributed by atoms with van der Waals surface area (Å²) in [6.07, 6.45) is 9.22. The van der Waals surface area contributed by atoms with Crippen molar-refractivity contribution in [3.63, 3.8) is 0 Å². The second-order valence-corrected chi connectivity index (χ2v) is 5.56. The summed E-state index contributed by atoms with van der Waals surface area (Å²) >= 11 is 0. The average Bonchev–Trinajstić information content (AvgIpc) is 2.98. The highest BCUT2D eigenvalue weighted by molar-refractivity contribution is 5.79. The highest BCUT2D eigenvalue weighted by Crippen LogP contribution is 2.25. The fraction of sp³-hybridized carbons (Fsp3) is 0.667. The molecule has 1 aliphatic rings. The lowest BCUT2D eigenvalue weighted by Crippen LogP contribution is -2.35. The van der Waals surface area contributed by atoms with Gasteiger partial charge in [-0.15, -0.1) is 0 Å². The first-order valence-corrected chi connectivity index (χ1v) is 7.67. The van der Waals surface area contributed by atoms with E-state index in [2.05, 4.69) is 9.97 Å². The van der Waals surface area contributed by atoms with Crippen molar-refractivity contribution in [1.82, 2.24) is 9.97 Å². The first-order chi connectivity index (χ1) is 10.2. The van der Waals surface area contributed by atoms with E-state index in [-0.39, 0.29) is 12.5 Å². The molecule has 2 N–H and O–H groups in total. The Labute approximate surface area is 125 Å². The van der Waals surface area contributed by atoms with Gasteiger partial charge in [0.1, 0.15) is 0 Å². The molecule has 1 heterocycles. The zero-order valence-electron chi connectivity index (χ0n) is 12.6. The molecular formula is C15H24N4O2. The normalized spacial score (nSPS) is 15.1. The van der Waals surface area contributed by atoms with Gasteiger partial charge in [0.05, 0.1) is 25.5 Å². The van der Waals surface area contributed by atoms with Crippen molar-refractivity contribution in [3.05, 3.63) is 12.4 Å². The van der Waals surface area contributed by atoms with Gasteiger partial charge in [-0.3, -0.25) is 9.78 Å². The van der Waals surface area contributed by atoms with Crippen LogP contribution in [-0.4, -0.2) is 35.6 Å². The molecule has 116 valence electrons. The van der Waals surface area contributed by atoms with Gasteiger partial charge in [0.2, 0.25) is 11.8 Å². The van der Waals surface area contributed by atoms with Gasteiger partial charge in [0.15, 0.2) is 5.82 Å². The van der Waals surface area contributed by atoms with Crippen LogP contribution in [0.25, 0.3) is 0 Å². The Hall–Kier alpha value is -1.85. The number of ether oxygens (including phenoxy) is 1. The van der Waals surface area contributed by atoms with Crippen LogP contribution >= 0.6 is 0 Å². The number of carbonyl (C=O) groups is 1. The number of aromatic nitrogens is 2. The zero-order chi connectivity index (χ0) is 15.1.